The Morgan fingerprint density at radius 2 is 2.05 bits per heavy atom. The molecular weight excluding hydrogens is 288 g/mol. The lowest BCUT2D eigenvalue weighted by molar-refractivity contribution is 0.0440. The van der Waals surface area contributed by atoms with Crippen LogP contribution in [0.4, 0.5) is 0 Å². The zero-order valence-corrected chi connectivity index (χ0v) is 14.5. The minimum absolute atomic E-state index is 0.144. The van der Waals surface area contributed by atoms with Crippen molar-refractivity contribution in [2.45, 2.75) is 58.0 Å². The number of likely N-dealkylation sites (N-methyl/N-ethyl adjacent to an activating group) is 1. The maximum Gasteiger partial charge on any atom is 0.0614 e. The Bertz CT molecular complexity index is 414. The predicted octanol–water partition coefficient (Wildman–Crippen LogP) is 4.71. The molecule has 1 fully saturated rings. The third-order valence-electron chi connectivity index (χ3n) is 4.73. The molecule has 2 atom stereocenters. The van der Waals surface area contributed by atoms with Crippen LogP contribution >= 0.6 is 22.9 Å². The van der Waals surface area contributed by atoms with E-state index >= 15 is 0 Å². The number of piperidine rings is 1. The molecule has 0 amide bonds. The summed E-state index contributed by atoms with van der Waals surface area (Å²) in [6.07, 6.45) is 5.17. The van der Waals surface area contributed by atoms with E-state index in [9.17, 15) is 0 Å². The fraction of sp³-hybridized carbons (Fsp3) is 0.750. The Labute approximate surface area is 132 Å². The Hall–Kier alpha value is -0.0900. The molecule has 4 heteroatoms. The summed E-state index contributed by atoms with van der Waals surface area (Å²) in [4.78, 5) is 3.98. The lowest BCUT2D eigenvalue weighted by atomic mass is 9.84. The lowest BCUT2D eigenvalue weighted by Crippen LogP contribution is -2.55. The van der Waals surface area contributed by atoms with Crippen LogP contribution in [0.3, 0.4) is 0 Å². The summed E-state index contributed by atoms with van der Waals surface area (Å²) in [5, 5.41) is 6.72. The number of hydrogen-bond acceptors (Lipinski definition) is 3. The van der Waals surface area contributed by atoms with Gasteiger partial charge in [0, 0.05) is 10.4 Å². The normalized spacial score (nSPS) is 21.6. The molecule has 0 spiro atoms. The first-order chi connectivity index (χ1) is 9.63. The Kier molecular flexibility index (Phi) is 5.91. The number of nitrogens with zero attached hydrogens (tertiary/aromatic N) is 1. The van der Waals surface area contributed by atoms with Crippen molar-refractivity contribution in [1.29, 1.82) is 0 Å². The second kappa shape index (κ2) is 7.26. The summed E-state index contributed by atoms with van der Waals surface area (Å²) in [6.45, 7) is 10.3. The highest BCUT2D eigenvalue weighted by molar-refractivity contribution is 7.10. The number of nitrogens with one attached hydrogen (secondary N) is 1. The topological polar surface area (TPSA) is 15.3 Å². The van der Waals surface area contributed by atoms with Gasteiger partial charge in [-0.2, -0.15) is 0 Å². The van der Waals surface area contributed by atoms with Crippen LogP contribution in [0.5, 0.6) is 0 Å². The van der Waals surface area contributed by atoms with Gasteiger partial charge < -0.3 is 5.32 Å². The lowest BCUT2D eigenvalue weighted by Gasteiger charge is -2.48. The SMILES string of the molecule is CCNC(c1sccc1Cl)C(C)(CC)N1CCCCC1. The summed E-state index contributed by atoms with van der Waals surface area (Å²) in [7, 11) is 0. The predicted molar refractivity (Wildman–Crippen MR) is 89.9 cm³/mol. The van der Waals surface area contributed by atoms with Gasteiger partial charge in [-0.15, -0.1) is 11.3 Å². The summed E-state index contributed by atoms with van der Waals surface area (Å²) in [5.41, 5.74) is 0.144. The third kappa shape index (κ3) is 3.22. The minimum atomic E-state index is 0.144. The quantitative estimate of drug-likeness (QED) is 0.818. The number of likely N-dealkylation sites (tertiary alicyclic amines) is 1. The van der Waals surface area contributed by atoms with Crippen molar-refractivity contribution >= 4 is 22.9 Å². The second-order valence-electron chi connectivity index (χ2n) is 5.88. The molecule has 114 valence electrons. The van der Waals surface area contributed by atoms with Gasteiger partial charge >= 0.3 is 0 Å². The summed E-state index contributed by atoms with van der Waals surface area (Å²) >= 11 is 8.21. The van der Waals surface area contributed by atoms with E-state index in [-0.39, 0.29) is 5.54 Å². The van der Waals surface area contributed by atoms with Crippen molar-refractivity contribution in [2.24, 2.45) is 0 Å². The first-order valence-corrected chi connectivity index (χ1v) is 9.10. The van der Waals surface area contributed by atoms with Crippen LogP contribution in [-0.4, -0.2) is 30.1 Å². The van der Waals surface area contributed by atoms with Crippen molar-refractivity contribution < 1.29 is 0 Å². The van der Waals surface area contributed by atoms with Crippen molar-refractivity contribution in [3.63, 3.8) is 0 Å². The van der Waals surface area contributed by atoms with Gasteiger partial charge in [-0.3, -0.25) is 4.90 Å². The minimum Gasteiger partial charge on any atom is -0.308 e. The molecule has 1 aliphatic rings. The fourth-order valence-electron chi connectivity index (χ4n) is 3.33. The third-order valence-corrected chi connectivity index (χ3v) is 6.15. The monoisotopic (exact) mass is 314 g/mol. The second-order valence-corrected chi connectivity index (χ2v) is 7.24. The molecule has 0 saturated carbocycles. The average molecular weight is 315 g/mol. The number of halogens is 1. The highest BCUT2D eigenvalue weighted by atomic mass is 35.5. The smallest absolute Gasteiger partial charge is 0.0614 e. The number of rotatable bonds is 6. The summed E-state index contributed by atoms with van der Waals surface area (Å²) in [6, 6.07) is 2.35. The van der Waals surface area contributed by atoms with Crippen LogP contribution in [0.2, 0.25) is 5.02 Å². The van der Waals surface area contributed by atoms with Gasteiger partial charge in [-0.05, 0) is 57.3 Å². The molecule has 0 bridgehead atoms. The van der Waals surface area contributed by atoms with Crippen molar-refractivity contribution in [3.8, 4) is 0 Å². The van der Waals surface area contributed by atoms with Gasteiger partial charge in [-0.1, -0.05) is 31.9 Å². The van der Waals surface area contributed by atoms with E-state index in [4.69, 9.17) is 11.6 Å². The van der Waals surface area contributed by atoms with Crippen LogP contribution in [0.15, 0.2) is 11.4 Å². The highest BCUT2D eigenvalue weighted by Crippen LogP contribution is 2.40. The van der Waals surface area contributed by atoms with Crippen LogP contribution in [0.1, 0.15) is 57.4 Å². The molecule has 2 nitrogen and oxygen atoms in total. The van der Waals surface area contributed by atoms with Crippen molar-refractivity contribution in [3.05, 3.63) is 21.3 Å². The van der Waals surface area contributed by atoms with Gasteiger partial charge in [-0.25, -0.2) is 0 Å². The molecule has 2 heterocycles. The maximum absolute atomic E-state index is 6.42. The van der Waals surface area contributed by atoms with E-state index in [2.05, 4.69) is 36.4 Å². The van der Waals surface area contributed by atoms with Crippen molar-refractivity contribution in [2.75, 3.05) is 19.6 Å². The Morgan fingerprint density at radius 1 is 1.35 bits per heavy atom. The van der Waals surface area contributed by atoms with Crippen molar-refractivity contribution in [1.82, 2.24) is 10.2 Å². The fourth-order valence-corrected chi connectivity index (χ4v) is 4.71. The molecule has 0 radical (unpaired) electrons. The van der Waals surface area contributed by atoms with Gasteiger partial charge in [0.1, 0.15) is 0 Å². The van der Waals surface area contributed by atoms with Gasteiger partial charge in [0.25, 0.3) is 0 Å². The van der Waals surface area contributed by atoms with Crippen LogP contribution in [0, 0.1) is 0 Å². The molecule has 20 heavy (non-hydrogen) atoms. The Balaban J connectivity index is 2.30. The average Bonchev–Trinajstić information content (AvgIpc) is 2.91. The molecular formula is C16H27ClN2S. The van der Waals surface area contributed by atoms with E-state index < -0.39 is 0 Å². The first-order valence-electron chi connectivity index (χ1n) is 7.84. The molecule has 1 aromatic rings. The maximum atomic E-state index is 6.42. The summed E-state index contributed by atoms with van der Waals surface area (Å²) in [5.74, 6) is 0. The van der Waals surface area contributed by atoms with Gasteiger partial charge in [0.2, 0.25) is 0 Å². The molecule has 0 aliphatic carbocycles. The van der Waals surface area contributed by atoms with Crippen LogP contribution in [0.25, 0.3) is 0 Å². The number of thiophene rings is 1. The highest BCUT2D eigenvalue weighted by Gasteiger charge is 2.40. The standard InChI is InChI=1S/C16H27ClN2S/c1-4-16(3,19-10-7-6-8-11-19)15(18-5-2)14-13(17)9-12-20-14/h9,12,15,18H,4-8,10-11H2,1-3H3. The van der Waals surface area contributed by atoms with E-state index in [0.717, 1.165) is 18.0 Å². The Morgan fingerprint density at radius 3 is 2.55 bits per heavy atom. The van der Waals surface area contributed by atoms with E-state index in [1.54, 1.807) is 11.3 Å². The van der Waals surface area contributed by atoms with E-state index in [1.165, 1.54) is 37.2 Å². The number of hydrogen-bond donors (Lipinski definition) is 1. The summed E-state index contributed by atoms with van der Waals surface area (Å²) < 4.78 is 0. The van der Waals surface area contributed by atoms with E-state index in [1.807, 2.05) is 6.07 Å². The van der Waals surface area contributed by atoms with Crippen LogP contribution < -0.4 is 5.32 Å². The van der Waals surface area contributed by atoms with Gasteiger partial charge in [0.15, 0.2) is 0 Å². The molecule has 2 unspecified atom stereocenters. The molecule has 1 aromatic heterocycles. The van der Waals surface area contributed by atoms with E-state index in [0.29, 0.717) is 6.04 Å². The zero-order valence-electron chi connectivity index (χ0n) is 12.9. The molecule has 2 rings (SSSR count). The molecule has 1 N–H and O–H groups in total. The van der Waals surface area contributed by atoms with Crippen LogP contribution in [-0.2, 0) is 0 Å². The zero-order chi connectivity index (χ0) is 14.6. The first kappa shape index (κ1) is 16.3. The molecule has 1 saturated heterocycles. The largest absolute Gasteiger partial charge is 0.308 e. The van der Waals surface area contributed by atoms with Gasteiger partial charge in [0.05, 0.1) is 11.1 Å². The molecule has 0 aromatic carbocycles. The molecule has 1 aliphatic heterocycles.